The lowest BCUT2D eigenvalue weighted by atomic mass is 10.2. The normalized spacial score (nSPS) is 11.4. The number of anilines is 3. The fourth-order valence-corrected chi connectivity index (χ4v) is 4.28. The number of pyridine rings is 1. The molecule has 0 atom stereocenters. The van der Waals surface area contributed by atoms with Gasteiger partial charge in [0.2, 0.25) is 5.91 Å². The molecule has 0 saturated heterocycles. The van der Waals surface area contributed by atoms with Crippen LogP contribution in [0.2, 0.25) is 10.0 Å². The number of halogens is 3. The number of rotatable bonds is 10. The number of carbonyl (C=O) groups is 2. The zero-order valence-corrected chi connectivity index (χ0v) is 25.6. The molecule has 42 heavy (non-hydrogen) atoms. The summed E-state index contributed by atoms with van der Waals surface area (Å²) >= 11 is 12.1. The molecule has 0 bridgehead atoms. The number of hydrogen-bond acceptors (Lipinski definition) is 9. The van der Waals surface area contributed by atoms with Crippen molar-refractivity contribution in [2.24, 2.45) is 12.8 Å². The SMILES string of the molecule is Cn1c(C(N)=O)nc([N+](=O)[O-])c1C[N+](C)(C)C/C=C/C(=O)Nc1cc2c(Nc3ccc(Cl)c(Cl)c3)ncnc2cn1.[Br-]. The smallest absolute Gasteiger partial charge is 0.391 e. The van der Waals surface area contributed by atoms with E-state index in [0.29, 0.717) is 39.0 Å². The first-order chi connectivity index (χ1) is 19.3. The Labute approximate surface area is 260 Å². The fraction of sp³-hybridized carbons (Fsp3) is 0.200. The van der Waals surface area contributed by atoms with Crippen molar-refractivity contribution in [3.63, 3.8) is 0 Å². The van der Waals surface area contributed by atoms with Crippen LogP contribution in [0.5, 0.6) is 0 Å². The summed E-state index contributed by atoms with van der Waals surface area (Å²) < 4.78 is 1.54. The van der Waals surface area contributed by atoms with Crippen LogP contribution >= 0.6 is 23.2 Å². The summed E-state index contributed by atoms with van der Waals surface area (Å²) in [6.45, 7) is 0.484. The van der Waals surface area contributed by atoms with Gasteiger partial charge in [-0.05, 0) is 40.2 Å². The van der Waals surface area contributed by atoms with Crippen molar-refractivity contribution in [3.05, 3.63) is 80.6 Å². The zero-order valence-electron chi connectivity index (χ0n) is 22.5. The van der Waals surface area contributed by atoms with Crippen molar-refractivity contribution >= 4 is 69.1 Å². The maximum Gasteiger partial charge on any atom is 0.391 e. The molecule has 0 radical (unpaired) electrons. The van der Waals surface area contributed by atoms with Crippen LogP contribution < -0.4 is 33.3 Å². The Balaban J connectivity index is 0.00000484. The molecular formula is C25H25BrCl2N10O4. The number of primary amides is 1. The molecule has 17 heteroatoms. The van der Waals surface area contributed by atoms with E-state index in [1.807, 2.05) is 14.1 Å². The van der Waals surface area contributed by atoms with Crippen molar-refractivity contribution in [2.75, 3.05) is 31.3 Å². The molecule has 3 aromatic heterocycles. The molecule has 4 rings (SSSR count). The highest BCUT2D eigenvalue weighted by molar-refractivity contribution is 6.42. The third kappa shape index (κ3) is 7.55. The first-order valence-electron chi connectivity index (χ1n) is 12.0. The van der Waals surface area contributed by atoms with E-state index in [4.69, 9.17) is 28.9 Å². The molecule has 4 aromatic rings. The highest BCUT2D eigenvalue weighted by Crippen LogP contribution is 2.29. The number of likely N-dealkylation sites (N-methyl/N-ethyl adjacent to an activating group) is 1. The van der Waals surface area contributed by atoms with Gasteiger partial charge in [0.1, 0.15) is 24.5 Å². The molecule has 0 spiro atoms. The second-order valence-corrected chi connectivity index (χ2v) is 10.4. The molecular weight excluding hydrogens is 655 g/mol. The molecule has 14 nitrogen and oxygen atoms in total. The number of aromatic nitrogens is 5. The molecule has 0 aliphatic rings. The maximum atomic E-state index is 12.6. The van der Waals surface area contributed by atoms with E-state index in [9.17, 15) is 19.7 Å². The minimum atomic E-state index is -0.866. The largest absolute Gasteiger partial charge is 1.00 e. The van der Waals surface area contributed by atoms with Crippen LogP contribution in [0.4, 0.5) is 23.1 Å². The Morgan fingerprint density at radius 1 is 1.17 bits per heavy atom. The molecule has 220 valence electrons. The van der Waals surface area contributed by atoms with Crippen LogP contribution in [-0.2, 0) is 18.4 Å². The van der Waals surface area contributed by atoms with Gasteiger partial charge in [-0.3, -0.25) is 14.2 Å². The molecule has 4 N–H and O–H groups in total. The van der Waals surface area contributed by atoms with Gasteiger partial charge in [0.15, 0.2) is 5.69 Å². The predicted octanol–water partition coefficient (Wildman–Crippen LogP) is 0.591. The number of hydrogen-bond donors (Lipinski definition) is 3. The summed E-state index contributed by atoms with van der Waals surface area (Å²) in [6.07, 6.45) is 5.87. The highest BCUT2D eigenvalue weighted by atomic mass is 79.9. The summed E-state index contributed by atoms with van der Waals surface area (Å²) in [5.41, 5.74) is 6.74. The van der Waals surface area contributed by atoms with Gasteiger partial charge in [-0.2, -0.15) is 0 Å². The standard InChI is InChI=1S/C25H24Cl2N10O4.BrH/c1-35-19(24(36(40)41)34-25(35)22(28)39)12-37(2,3)8-4-5-21(38)33-20-10-15-18(11-29-20)30-13-31-23(15)32-14-6-7-16(26)17(27)9-14;/h4-7,9-11,13H,8,12H2,1-3H3,(H3-,28,29,30,31,32,33,34,38,39);1H/b5-4+;. The minimum absolute atomic E-state index is 0. The van der Waals surface area contributed by atoms with Crippen LogP contribution in [0, 0.1) is 10.1 Å². The van der Waals surface area contributed by atoms with E-state index in [0.717, 1.165) is 0 Å². The molecule has 3 heterocycles. The van der Waals surface area contributed by atoms with Crippen molar-refractivity contribution in [2.45, 2.75) is 6.54 Å². The van der Waals surface area contributed by atoms with E-state index in [-0.39, 0.29) is 45.3 Å². The summed E-state index contributed by atoms with van der Waals surface area (Å²) in [5, 5.41) is 18.8. The minimum Gasteiger partial charge on any atom is -1.00 e. The second-order valence-electron chi connectivity index (χ2n) is 9.62. The lowest BCUT2D eigenvalue weighted by molar-refractivity contribution is -0.898. The Hall–Kier alpha value is -4.18. The number of amides is 2. The number of carbonyl (C=O) groups excluding carboxylic acids is 2. The molecule has 0 aliphatic heterocycles. The average molecular weight is 680 g/mol. The Kier molecular flexibility index (Phi) is 10.2. The number of nitrogens with two attached hydrogens (primary N) is 1. The van der Waals surface area contributed by atoms with Crippen molar-refractivity contribution < 1.29 is 36.0 Å². The summed E-state index contributed by atoms with van der Waals surface area (Å²) in [7, 11) is 5.12. The van der Waals surface area contributed by atoms with Gasteiger partial charge in [0.25, 0.3) is 0 Å². The number of benzene rings is 1. The molecule has 0 unspecified atom stereocenters. The molecule has 0 fully saturated rings. The summed E-state index contributed by atoms with van der Waals surface area (Å²) in [5.74, 6) is -1.19. The van der Waals surface area contributed by atoms with Crippen LogP contribution in [0.15, 0.2) is 48.9 Å². The monoisotopic (exact) mass is 678 g/mol. The van der Waals surface area contributed by atoms with Crippen molar-refractivity contribution in [3.8, 4) is 0 Å². The molecule has 0 aliphatic carbocycles. The third-order valence-electron chi connectivity index (χ3n) is 5.99. The highest BCUT2D eigenvalue weighted by Gasteiger charge is 2.32. The van der Waals surface area contributed by atoms with Gasteiger partial charge in [-0.1, -0.05) is 23.2 Å². The third-order valence-corrected chi connectivity index (χ3v) is 6.73. The van der Waals surface area contributed by atoms with Crippen LogP contribution in [0.3, 0.4) is 0 Å². The number of nitro groups is 1. The van der Waals surface area contributed by atoms with E-state index < -0.39 is 22.6 Å². The van der Waals surface area contributed by atoms with Gasteiger partial charge in [-0.15, -0.1) is 0 Å². The lowest BCUT2D eigenvalue weighted by Gasteiger charge is -2.28. The lowest BCUT2D eigenvalue weighted by Crippen LogP contribution is -3.00. The first kappa shape index (κ1) is 32.3. The zero-order chi connectivity index (χ0) is 29.9. The Bertz CT molecular complexity index is 1710. The van der Waals surface area contributed by atoms with Crippen LogP contribution in [0.1, 0.15) is 16.3 Å². The van der Waals surface area contributed by atoms with Crippen LogP contribution in [0.25, 0.3) is 10.9 Å². The number of nitrogens with zero attached hydrogens (tertiary/aromatic N) is 7. The summed E-state index contributed by atoms with van der Waals surface area (Å²) in [4.78, 5) is 51.6. The van der Waals surface area contributed by atoms with Gasteiger partial charge in [0.05, 0.1) is 42.4 Å². The number of nitrogens with one attached hydrogen (secondary N) is 2. The first-order valence-corrected chi connectivity index (χ1v) is 12.7. The van der Waals surface area contributed by atoms with Crippen LogP contribution in [-0.4, -0.2) is 66.4 Å². The molecule has 0 saturated carbocycles. The fourth-order valence-electron chi connectivity index (χ4n) is 3.98. The topological polar surface area (TPSA) is 184 Å². The van der Waals surface area contributed by atoms with Crippen molar-refractivity contribution in [1.82, 2.24) is 24.5 Å². The van der Waals surface area contributed by atoms with Crippen molar-refractivity contribution in [1.29, 1.82) is 0 Å². The number of fused-ring (bicyclic) bond motifs is 1. The van der Waals surface area contributed by atoms with Gasteiger partial charge >= 0.3 is 17.5 Å². The maximum absolute atomic E-state index is 12.6. The van der Waals surface area contributed by atoms with E-state index in [1.54, 1.807) is 30.3 Å². The Morgan fingerprint density at radius 2 is 1.90 bits per heavy atom. The van der Waals surface area contributed by atoms with Gasteiger partial charge in [-0.25, -0.2) is 15.0 Å². The van der Waals surface area contributed by atoms with E-state index in [2.05, 4.69) is 30.6 Å². The predicted molar refractivity (Wildman–Crippen MR) is 154 cm³/mol. The van der Waals surface area contributed by atoms with Gasteiger partial charge in [0, 0.05) is 24.2 Å². The average Bonchev–Trinajstić information content (AvgIpc) is 3.22. The molecule has 2 amide bonds. The number of quaternary nitrogens is 1. The Morgan fingerprint density at radius 3 is 2.57 bits per heavy atom. The van der Waals surface area contributed by atoms with E-state index in [1.165, 1.54) is 30.2 Å². The second kappa shape index (κ2) is 13.2. The summed E-state index contributed by atoms with van der Waals surface area (Å²) in [6, 6.07) is 6.71. The van der Waals surface area contributed by atoms with Gasteiger partial charge < -0.3 is 47.9 Å². The van der Waals surface area contributed by atoms with E-state index >= 15 is 0 Å². The molecule has 1 aromatic carbocycles. The quantitative estimate of drug-likeness (QED) is 0.0934. The number of imidazole rings is 1.